The second kappa shape index (κ2) is 5.99. The van der Waals surface area contributed by atoms with E-state index in [4.69, 9.17) is 11.6 Å². The number of hydrogen-bond acceptors (Lipinski definition) is 4. The number of benzene rings is 1. The van der Waals surface area contributed by atoms with Crippen molar-refractivity contribution in [3.05, 3.63) is 46.2 Å². The van der Waals surface area contributed by atoms with Crippen LogP contribution in [0.15, 0.2) is 46.0 Å². The molecule has 0 unspecified atom stereocenters. The summed E-state index contributed by atoms with van der Waals surface area (Å²) in [6, 6.07) is 6.37. The highest BCUT2D eigenvalue weighted by atomic mass is 79.9. The molecule has 0 aliphatic carbocycles. The molecule has 0 fully saturated rings. The third-order valence-electron chi connectivity index (χ3n) is 2.52. The van der Waals surface area contributed by atoms with Crippen LogP contribution in [0.25, 0.3) is 0 Å². The van der Waals surface area contributed by atoms with E-state index < -0.39 is 10.0 Å². The normalized spacial score (nSPS) is 11.2. The Hall–Kier alpha value is -1.31. The van der Waals surface area contributed by atoms with Crippen LogP contribution in [0.1, 0.15) is 0 Å². The molecule has 0 atom stereocenters. The maximum absolute atomic E-state index is 12.3. The van der Waals surface area contributed by atoms with Crippen molar-refractivity contribution in [2.24, 2.45) is 0 Å². The zero-order valence-electron chi connectivity index (χ0n) is 10.4. The number of anilines is 2. The van der Waals surface area contributed by atoms with E-state index in [0.29, 0.717) is 20.9 Å². The number of aromatic nitrogens is 1. The fourth-order valence-electron chi connectivity index (χ4n) is 1.57. The van der Waals surface area contributed by atoms with Crippen molar-refractivity contribution in [2.45, 2.75) is 4.90 Å². The molecule has 8 heteroatoms. The van der Waals surface area contributed by atoms with E-state index in [0.717, 1.165) is 0 Å². The summed E-state index contributed by atoms with van der Waals surface area (Å²) < 4.78 is 27.8. The lowest BCUT2D eigenvalue weighted by Crippen LogP contribution is -2.15. The summed E-state index contributed by atoms with van der Waals surface area (Å²) in [7, 11) is -2.08. The average Bonchev–Trinajstić information content (AvgIpc) is 2.42. The molecule has 0 bridgehead atoms. The average molecular weight is 377 g/mol. The molecule has 0 amide bonds. The van der Waals surface area contributed by atoms with Gasteiger partial charge >= 0.3 is 0 Å². The van der Waals surface area contributed by atoms with Gasteiger partial charge in [0, 0.05) is 23.9 Å². The Kier molecular flexibility index (Phi) is 4.52. The van der Waals surface area contributed by atoms with E-state index in [9.17, 15) is 8.42 Å². The van der Waals surface area contributed by atoms with Gasteiger partial charge in [0.1, 0.15) is 4.90 Å². The predicted molar refractivity (Wildman–Crippen MR) is 83.7 cm³/mol. The second-order valence-electron chi connectivity index (χ2n) is 3.86. The molecule has 0 radical (unpaired) electrons. The SMILES string of the molecule is CNc1ccncc1S(=O)(=O)Nc1ccc(Cl)c(Br)c1. The third-order valence-corrected chi connectivity index (χ3v) is 5.14. The molecular weight excluding hydrogens is 366 g/mol. The smallest absolute Gasteiger partial charge is 0.265 e. The van der Waals surface area contributed by atoms with Crippen molar-refractivity contribution in [2.75, 3.05) is 17.1 Å². The number of sulfonamides is 1. The lowest BCUT2D eigenvalue weighted by Gasteiger charge is -2.11. The van der Waals surface area contributed by atoms with Gasteiger partial charge < -0.3 is 5.32 Å². The molecule has 1 heterocycles. The lowest BCUT2D eigenvalue weighted by molar-refractivity contribution is 0.601. The molecule has 1 aromatic heterocycles. The largest absolute Gasteiger partial charge is 0.387 e. The fraction of sp³-hybridized carbons (Fsp3) is 0.0833. The van der Waals surface area contributed by atoms with Crippen LogP contribution in [0.3, 0.4) is 0 Å². The quantitative estimate of drug-likeness (QED) is 0.858. The van der Waals surface area contributed by atoms with Crippen LogP contribution in [-0.2, 0) is 10.0 Å². The number of nitrogens with zero attached hydrogens (tertiary/aromatic N) is 1. The van der Waals surface area contributed by atoms with Gasteiger partial charge in [-0.1, -0.05) is 11.6 Å². The molecule has 2 aromatic rings. The zero-order valence-corrected chi connectivity index (χ0v) is 13.6. The molecule has 20 heavy (non-hydrogen) atoms. The van der Waals surface area contributed by atoms with Crippen LogP contribution in [0.5, 0.6) is 0 Å². The summed E-state index contributed by atoms with van der Waals surface area (Å²) in [5.74, 6) is 0. The monoisotopic (exact) mass is 375 g/mol. The minimum absolute atomic E-state index is 0.0774. The molecule has 5 nitrogen and oxygen atoms in total. The van der Waals surface area contributed by atoms with Crippen LogP contribution in [-0.4, -0.2) is 20.4 Å². The number of pyridine rings is 1. The number of hydrogen-bond donors (Lipinski definition) is 2. The highest BCUT2D eigenvalue weighted by Gasteiger charge is 2.18. The minimum Gasteiger partial charge on any atom is -0.387 e. The van der Waals surface area contributed by atoms with Crippen molar-refractivity contribution in [3.8, 4) is 0 Å². The standard InChI is InChI=1S/C12H11BrClN3O2S/c1-15-11-4-5-16-7-12(11)20(18,19)17-8-2-3-10(14)9(13)6-8/h2-7,17H,1H3,(H,15,16). The Morgan fingerprint density at radius 3 is 2.70 bits per heavy atom. The summed E-state index contributed by atoms with van der Waals surface area (Å²) in [6.07, 6.45) is 2.81. The van der Waals surface area contributed by atoms with Crippen molar-refractivity contribution in [1.29, 1.82) is 0 Å². The summed E-state index contributed by atoms with van der Waals surface area (Å²) in [5.41, 5.74) is 0.882. The Morgan fingerprint density at radius 2 is 2.05 bits per heavy atom. The van der Waals surface area contributed by atoms with E-state index in [1.165, 1.54) is 12.4 Å². The van der Waals surface area contributed by atoms with Gasteiger partial charge in [-0.25, -0.2) is 8.42 Å². The van der Waals surface area contributed by atoms with Crippen molar-refractivity contribution < 1.29 is 8.42 Å². The Bertz CT molecular complexity index is 737. The maximum atomic E-state index is 12.3. The first-order chi connectivity index (χ1) is 9.44. The van der Waals surface area contributed by atoms with Gasteiger partial charge in [0.15, 0.2) is 0 Å². The molecule has 1 aromatic carbocycles. The molecule has 0 aliphatic rings. The second-order valence-corrected chi connectivity index (χ2v) is 6.77. The maximum Gasteiger partial charge on any atom is 0.265 e. The van der Waals surface area contributed by atoms with Gasteiger partial charge in [0.2, 0.25) is 0 Å². The van der Waals surface area contributed by atoms with Crippen LogP contribution < -0.4 is 10.0 Å². The molecular formula is C12H11BrClN3O2S. The van der Waals surface area contributed by atoms with Gasteiger partial charge in [0.25, 0.3) is 10.0 Å². The van der Waals surface area contributed by atoms with Gasteiger partial charge in [-0.3, -0.25) is 9.71 Å². The molecule has 0 saturated carbocycles. The first kappa shape index (κ1) is 15.1. The number of nitrogens with one attached hydrogen (secondary N) is 2. The first-order valence-corrected chi connectivity index (χ1v) is 8.19. The van der Waals surface area contributed by atoms with Gasteiger partial charge in [0.05, 0.1) is 16.4 Å². The summed E-state index contributed by atoms with van der Waals surface area (Å²) >= 11 is 9.12. The highest BCUT2D eigenvalue weighted by molar-refractivity contribution is 9.10. The van der Waals surface area contributed by atoms with Crippen molar-refractivity contribution in [3.63, 3.8) is 0 Å². The van der Waals surface area contributed by atoms with E-state index >= 15 is 0 Å². The van der Waals surface area contributed by atoms with Crippen LogP contribution in [0, 0.1) is 0 Å². The molecule has 0 saturated heterocycles. The molecule has 2 N–H and O–H groups in total. The summed E-state index contributed by atoms with van der Waals surface area (Å²) in [5, 5.41) is 3.32. The van der Waals surface area contributed by atoms with E-state index in [2.05, 4.69) is 31.0 Å². The highest BCUT2D eigenvalue weighted by Crippen LogP contribution is 2.28. The van der Waals surface area contributed by atoms with Gasteiger partial charge in [-0.2, -0.15) is 0 Å². The minimum atomic E-state index is -3.72. The Morgan fingerprint density at radius 1 is 1.30 bits per heavy atom. The molecule has 0 aliphatic heterocycles. The predicted octanol–water partition coefficient (Wildman–Crippen LogP) is 3.34. The van der Waals surface area contributed by atoms with Crippen molar-refractivity contribution >= 4 is 48.9 Å². The van der Waals surface area contributed by atoms with E-state index in [1.807, 2.05) is 0 Å². The Balaban J connectivity index is 2.38. The molecule has 106 valence electrons. The van der Waals surface area contributed by atoms with Crippen LogP contribution in [0.4, 0.5) is 11.4 Å². The zero-order chi connectivity index (χ0) is 14.8. The van der Waals surface area contributed by atoms with Crippen molar-refractivity contribution in [1.82, 2.24) is 4.98 Å². The first-order valence-electron chi connectivity index (χ1n) is 5.53. The molecule has 0 spiro atoms. The fourth-order valence-corrected chi connectivity index (χ4v) is 3.27. The number of rotatable bonds is 4. The third kappa shape index (κ3) is 3.23. The summed E-state index contributed by atoms with van der Waals surface area (Å²) in [6.45, 7) is 0. The Labute approximate surface area is 130 Å². The van der Waals surface area contributed by atoms with E-state index in [1.54, 1.807) is 31.3 Å². The van der Waals surface area contributed by atoms with Crippen LogP contribution >= 0.6 is 27.5 Å². The lowest BCUT2D eigenvalue weighted by atomic mass is 10.3. The van der Waals surface area contributed by atoms with Gasteiger partial charge in [-0.15, -0.1) is 0 Å². The van der Waals surface area contributed by atoms with Gasteiger partial charge in [-0.05, 0) is 40.2 Å². The van der Waals surface area contributed by atoms with Crippen LogP contribution in [0.2, 0.25) is 5.02 Å². The topological polar surface area (TPSA) is 71.1 Å². The number of halogens is 2. The summed E-state index contributed by atoms with van der Waals surface area (Å²) in [4.78, 5) is 3.92. The molecule has 2 rings (SSSR count). The van der Waals surface area contributed by atoms with E-state index in [-0.39, 0.29) is 4.90 Å².